The van der Waals surface area contributed by atoms with Crippen LogP contribution in [-0.2, 0) is 10.0 Å². The summed E-state index contributed by atoms with van der Waals surface area (Å²) in [5, 5.41) is 4.62. The molecule has 3 aromatic rings. The number of nitrogens with zero attached hydrogens (tertiary/aromatic N) is 2. The molecule has 0 radical (unpaired) electrons. The molecule has 0 saturated heterocycles. The van der Waals surface area contributed by atoms with E-state index in [-0.39, 0.29) is 4.90 Å². The lowest BCUT2D eigenvalue weighted by atomic mass is 9.98. The molecular formula is C24H23BrN2O4S. The van der Waals surface area contributed by atoms with Gasteiger partial charge in [0.15, 0.2) is 11.5 Å². The molecule has 0 N–H and O–H groups in total. The summed E-state index contributed by atoms with van der Waals surface area (Å²) in [4.78, 5) is 0.229. The van der Waals surface area contributed by atoms with Crippen LogP contribution in [0.1, 0.15) is 29.2 Å². The van der Waals surface area contributed by atoms with E-state index in [0.29, 0.717) is 34.8 Å². The molecule has 0 aromatic heterocycles. The molecule has 0 bridgehead atoms. The summed E-state index contributed by atoms with van der Waals surface area (Å²) in [6.07, 6.45) is 0.399. The Labute approximate surface area is 196 Å². The minimum Gasteiger partial charge on any atom is -0.493 e. The van der Waals surface area contributed by atoms with Crippen molar-refractivity contribution in [2.75, 3.05) is 14.2 Å². The first kappa shape index (κ1) is 22.4. The zero-order chi connectivity index (χ0) is 22.9. The Kier molecular flexibility index (Phi) is 6.26. The molecule has 0 amide bonds. The van der Waals surface area contributed by atoms with Gasteiger partial charge in [-0.2, -0.15) is 17.9 Å². The lowest BCUT2D eigenvalue weighted by Crippen LogP contribution is -2.28. The molecule has 0 fully saturated rings. The molecule has 3 aromatic carbocycles. The largest absolute Gasteiger partial charge is 0.493 e. The summed E-state index contributed by atoms with van der Waals surface area (Å²) in [6, 6.07) is 19.5. The van der Waals surface area contributed by atoms with Gasteiger partial charge in [-0.3, -0.25) is 0 Å². The molecule has 0 unspecified atom stereocenters. The van der Waals surface area contributed by atoms with Crippen LogP contribution in [0.4, 0.5) is 0 Å². The number of rotatable bonds is 6. The van der Waals surface area contributed by atoms with E-state index in [2.05, 4.69) is 21.0 Å². The van der Waals surface area contributed by atoms with Gasteiger partial charge in [-0.1, -0.05) is 58.4 Å². The number of ether oxygens (including phenoxy) is 2. The van der Waals surface area contributed by atoms with Gasteiger partial charge in [0.2, 0.25) is 0 Å². The summed E-state index contributed by atoms with van der Waals surface area (Å²) in [5.74, 6) is 1.03. The smallest absolute Gasteiger partial charge is 0.279 e. The van der Waals surface area contributed by atoms with Crippen LogP contribution in [0, 0.1) is 6.92 Å². The molecule has 0 spiro atoms. The van der Waals surface area contributed by atoms with E-state index >= 15 is 0 Å². The summed E-state index contributed by atoms with van der Waals surface area (Å²) in [5.41, 5.74) is 2.91. The monoisotopic (exact) mass is 514 g/mol. The van der Waals surface area contributed by atoms with Crippen LogP contribution >= 0.6 is 15.9 Å². The van der Waals surface area contributed by atoms with E-state index in [1.165, 1.54) is 4.41 Å². The predicted molar refractivity (Wildman–Crippen MR) is 128 cm³/mol. The Bertz CT molecular complexity index is 1270. The lowest BCUT2D eigenvalue weighted by Gasteiger charge is -2.26. The van der Waals surface area contributed by atoms with E-state index in [4.69, 9.17) is 9.47 Å². The SMILES string of the molecule is COc1cccc([C@@H]2CC(c3ccc(Br)cc3)=NN2S(=O)(=O)c2ccccc2C)c1OC. The van der Waals surface area contributed by atoms with Crippen LogP contribution in [0.2, 0.25) is 0 Å². The third-order valence-electron chi connectivity index (χ3n) is 5.46. The van der Waals surface area contributed by atoms with E-state index in [9.17, 15) is 8.42 Å². The molecule has 1 aliphatic heterocycles. The molecule has 1 heterocycles. The van der Waals surface area contributed by atoms with E-state index in [0.717, 1.165) is 10.0 Å². The summed E-state index contributed by atoms with van der Waals surface area (Å²) < 4.78 is 40.8. The van der Waals surface area contributed by atoms with Gasteiger partial charge < -0.3 is 9.47 Å². The van der Waals surface area contributed by atoms with Gasteiger partial charge in [0.25, 0.3) is 10.0 Å². The highest BCUT2D eigenvalue weighted by atomic mass is 79.9. The number of hydrogen-bond acceptors (Lipinski definition) is 5. The summed E-state index contributed by atoms with van der Waals surface area (Å²) in [6.45, 7) is 1.78. The van der Waals surface area contributed by atoms with Gasteiger partial charge in [0, 0.05) is 16.5 Å². The fraction of sp³-hybridized carbons (Fsp3) is 0.208. The number of para-hydroxylation sites is 1. The minimum atomic E-state index is -3.92. The van der Waals surface area contributed by atoms with Gasteiger partial charge in [-0.15, -0.1) is 0 Å². The fourth-order valence-electron chi connectivity index (χ4n) is 3.88. The highest BCUT2D eigenvalue weighted by Crippen LogP contribution is 2.44. The maximum absolute atomic E-state index is 13.8. The summed E-state index contributed by atoms with van der Waals surface area (Å²) >= 11 is 3.44. The van der Waals surface area contributed by atoms with E-state index < -0.39 is 16.1 Å². The van der Waals surface area contributed by atoms with Crippen LogP contribution in [-0.4, -0.2) is 32.8 Å². The number of methoxy groups -OCH3 is 2. The maximum Gasteiger partial charge on any atom is 0.279 e. The average molecular weight is 515 g/mol. The number of hydrogen-bond donors (Lipinski definition) is 0. The van der Waals surface area contributed by atoms with Crippen molar-refractivity contribution < 1.29 is 17.9 Å². The second-order valence-electron chi connectivity index (χ2n) is 7.40. The van der Waals surface area contributed by atoms with E-state index in [1.807, 2.05) is 42.5 Å². The Morgan fingerprint density at radius 3 is 2.34 bits per heavy atom. The quantitative estimate of drug-likeness (QED) is 0.446. The molecule has 0 saturated carbocycles. The number of halogens is 1. The molecule has 1 atom stereocenters. The molecule has 6 nitrogen and oxygen atoms in total. The second kappa shape index (κ2) is 8.96. The van der Waals surface area contributed by atoms with Gasteiger partial charge in [-0.25, -0.2) is 0 Å². The Balaban J connectivity index is 1.88. The van der Waals surface area contributed by atoms with Crippen LogP contribution in [0.15, 0.2) is 81.2 Å². The molecule has 1 aliphatic rings. The second-order valence-corrected chi connectivity index (χ2v) is 10.1. The average Bonchev–Trinajstić information content (AvgIpc) is 3.25. The van der Waals surface area contributed by atoms with Crippen molar-refractivity contribution in [2.45, 2.75) is 24.3 Å². The first-order valence-electron chi connectivity index (χ1n) is 10.0. The van der Waals surface area contributed by atoms with Crippen molar-refractivity contribution in [1.29, 1.82) is 0 Å². The summed E-state index contributed by atoms with van der Waals surface area (Å²) in [7, 11) is -0.814. The number of hydrazone groups is 1. The highest BCUT2D eigenvalue weighted by Gasteiger charge is 2.40. The van der Waals surface area contributed by atoms with Gasteiger partial charge >= 0.3 is 0 Å². The Morgan fingerprint density at radius 2 is 1.69 bits per heavy atom. The van der Waals surface area contributed by atoms with Crippen molar-refractivity contribution in [3.05, 3.63) is 87.9 Å². The van der Waals surface area contributed by atoms with Crippen molar-refractivity contribution >= 4 is 31.7 Å². The van der Waals surface area contributed by atoms with Crippen LogP contribution in [0.5, 0.6) is 11.5 Å². The molecule has 166 valence electrons. The molecule has 32 heavy (non-hydrogen) atoms. The predicted octanol–water partition coefficient (Wildman–Crippen LogP) is 5.31. The van der Waals surface area contributed by atoms with Crippen molar-refractivity contribution in [2.24, 2.45) is 5.10 Å². The fourth-order valence-corrected chi connectivity index (χ4v) is 5.80. The Hall–Kier alpha value is -2.84. The van der Waals surface area contributed by atoms with Crippen LogP contribution in [0.25, 0.3) is 0 Å². The zero-order valence-electron chi connectivity index (χ0n) is 17.9. The van der Waals surface area contributed by atoms with Gasteiger partial charge in [-0.05, 0) is 42.3 Å². The molecular weight excluding hydrogens is 492 g/mol. The number of sulfonamides is 1. The maximum atomic E-state index is 13.8. The third kappa shape index (κ3) is 4.00. The van der Waals surface area contributed by atoms with Crippen LogP contribution in [0.3, 0.4) is 0 Å². The topological polar surface area (TPSA) is 68.2 Å². The van der Waals surface area contributed by atoms with Gasteiger partial charge in [0.1, 0.15) is 0 Å². The normalized spacial score (nSPS) is 16.1. The number of aryl methyl sites for hydroxylation is 1. The zero-order valence-corrected chi connectivity index (χ0v) is 20.4. The van der Waals surface area contributed by atoms with Crippen molar-refractivity contribution in [1.82, 2.24) is 4.41 Å². The first-order valence-corrected chi connectivity index (χ1v) is 12.2. The third-order valence-corrected chi connectivity index (χ3v) is 7.83. The standard InChI is InChI=1S/C24H23BrN2O4S/c1-16-7-4-5-10-23(16)32(28,29)27-21(19-8-6-9-22(30-2)24(19)31-3)15-20(26-27)17-11-13-18(25)14-12-17/h4-14,21H,15H2,1-3H3/t21-/m0/s1. The minimum absolute atomic E-state index is 0.229. The molecule has 8 heteroatoms. The lowest BCUT2D eigenvalue weighted by molar-refractivity contribution is 0.328. The number of benzene rings is 3. The van der Waals surface area contributed by atoms with E-state index in [1.54, 1.807) is 45.4 Å². The Morgan fingerprint density at radius 1 is 0.969 bits per heavy atom. The molecule has 0 aliphatic carbocycles. The highest BCUT2D eigenvalue weighted by molar-refractivity contribution is 9.10. The van der Waals surface area contributed by atoms with Crippen LogP contribution < -0.4 is 9.47 Å². The first-order chi connectivity index (χ1) is 15.4. The van der Waals surface area contributed by atoms with Crippen molar-refractivity contribution in [3.8, 4) is 11.5 Å². The molecule has 4 rings (SSSR count). The van der Waals surface area contributed by atoms with Crippen molar-refractivity contribution in [3.63, 3.8) is 0 Å². The van der Waals surface area contributed by atoms with Gasteiger partial charge in [0.05, 0.1) is 30.9 Å².